The first-order valence-corrected chi connectivity index (χ1v) is 4.39. The van der Waals surface area contributed by atoms with Crippen molar-refractivity contribution in [2.45, 2.75) is 19.9 Å². The Bertz CT molecular complexity index is 236. The van der Waals surface area contributed by atoms with E-state index in [1.165, 1.54) is 12.2 Å². The molecule has 0 radical (unpaired) electrons. The van der Waals surface area contributed by atoms with Crippen molar-refractivity contribution in [2.75, 3.05) is 6.54 Å². The Morgan fingerprint density at radius 2 is 2.07 bits per heavy atom. The highest BCUT2D eigenvalue weighted by Gasteiger charge is 2.22. The fourth-order valence-electron chi connectivity index (χ4n) is 0.890. The van der Waals surface area contributed by atoms with Crippen LogP contribution in [0.15, 0.2) is 12.2 Å². The lowest BCUT2D eigenvalue weighted by molar-refractivity contribution is -0.142. The largest absolute Gasteiger partial charge is 0.480 e. The number of rotatable bonds is 5. The van der Waals surface area contributed by atoms with Crippen molar-refractivity contribution in [2.24, 2.45) is 11.7 Å². The Morgan fingerprint density at radius 1 is 1.50 bits per heavy atom. The average Bonchev–Trinajstić information content (AvgIpc) is 2.09. The minimum Gasteiger partial charge on any atom is -0.480 e. The van der Waals surface area contributed by atoms with Gasteiger partial charge in [0.15, 0.2) is 0 Å². The maximum absolute atomic E-state index is 11.1. The van der Waals surface area contributed by atoms with Gasteiger partial charge in [0.25, 0.3) is 0 Å². The van der Waals surface area contributed by atoms with Crippen molar-refractivity contribution in [1.82, 2.24) is 5.32 Å². The molecule has 1 atom stereocenters. The van der Waals surface area contributed by atoms with E-state index >= 15 is 0 Å². The Hall–Kier alpha value is -1.36. The molecule has 0 rings (SSSR count). The van der Waals surface area contributed by atoms with Crippen LogP contribution in [0.3, 0.4) is 0 Å². The third kappa shape index (κ3) is 4.61. The number of hydrogen-bond acceptors (Lipinski definition) is 3. The third-order valence-corrected chi connectivity index (χ3v) is 1.64. The summed E-state index contributed by atoms with van der Waals surface area (Å²) in [5.41, 5.74) is 5.14. The van der Waals surface area contributed by atoms with Crippen molar-refractivity contribution in [1.29, 1.82) is 0 Å². The lowest BCUT2D eigenvalue weighted by Gasteiger charge is -2.16. The zero-order valence-electron chi connectivity index (χ0n) is 8.36. The normalized spacial score (nSPS) is 13.1. The van der Waals surface area contributed by atoms with Gasteiger partial charge >= 0.3 is 5.97 Å². The van der Waals surface area contributed by atoms with Crippen molar-refractivity contribution in [3.63, 3.8) is 0 Å². The van der Waals surface area contributed by atoms with Crippen LogP contribution in [0.2, 0.25) is 0 Å². The molecule has 5 nitrogen and oxygen atoms in total. The van der Waals surface area contributed by atoms with Gasteiger partial charge in [0.1, 0.15) is 6.04 Å². The van der Waals surface area contributed by atoms with E-state index in [9.17, 15) is 9.59 Å². The number of hydrogen-bond donors (Lipinski definition) is 3. The standard InChI is InChI=1S/C9H16N2O3/c1-6(2)8(9(13)14)11-7(12)4-3-5-10/h3-4,6,8H,5,10H2,1-2H3,(H,11,12)(H,13,14)/t8-/m0/s1. The summed E-state index contributed by atoms with van der Waals surface area (Å²) >= 11 is 0. The van der Waals surface area contributed by atoms with Crippen LogP contribution >= 0.6 is 0 Å². The molecule has 0 aliphatic rings. The summed E-state index contributed by atoms with van der Waals surface area (Å²) < 4.78 is 0. The minimum absolute atomic E-state index is 0.150. The first kappa shape index (κ1) is 12.6. The number of carbonyl (C=O) groups excluding carboxylic acids is 1. The number of aliphatic carboxylic acids is 1. The molecule has 4 N–H and O–H groups in total. The number of nitrogens with one attached hydrogen (secondary N) is 1. The monoisotopic (exact) mass is 200 g/mol. The number of carboxylic acids is 1. The Balaban J connectivity index is 4.24. The summed E-state index contributed by atoms with van der Waals surface area (Å²) in [4.78, 5) is 21.8. The first-order valence-electron chi connectivity index (χ1n) is 4.39. The van der Waals surface area contributed by atoms with Crippen molar-refractivity contribution >= 4 is 11.9 Å². The fraction of sp³-hybridized carbons (Fsp3) is 0.556. The third-order valence-electron chi connectivity index (χ3n) is 1.64. The second-order valence-corrected chi connectivity index (χ2v) is 3.21. The van der Waals surface area contributed by atoms with Crippen LogP contribution in [0.4, 0.5) is 0 Å². The van der Waals surface area contributed by atoms with E-state index in [-0.39, 0.29) is 12.5 Å². The molecule has 14 heavy (non-hydrogen) atoms. The summed E-state index contributed by atoms with van der Waals surface area (Å²) in [6.45, 7) is 3.71. The SMILES string of the molecule is CC(C)[C@H](NC(=O)C=CCN)C(=O)O. The highest BCUT2D eigenvalue weighted by molar-refractivity contribution is 5.91. The average molecular weight is 200 g/mol. The van der Waals surface area contributed by atoms with Crippen molar-refractivity contribution < 1.29 is 14.7 Å². The zero-order chi connectivity index (χ0) is 11.1. The van der Waals surface area contributed by atoms with Gasteiger partial charge in [0.2, 0.25) is 5.91 Å². The molecule has 0 saturated carbocycles. The summed E-state index contributed by atoms with van der Waals surface area (Å²) in [6.07, 6.45) is 2.70. The molecule has 0 saturated heterocycles. The quantitative estimate of drug-likeness (QED) is 0.532. The molecular weight excluding hydrogens is 184 g/mol. The van der Waals surface area contributed by atoms with Gasteiger partial charge in [0, 0.05) is 12.6 Å². The van der Waals surface area contributed by atoms with E-state index in [0.29, 0.717) is 0 Å². The van der Waals surface area contributed by atoms with E-state index in [2.05, 4.69) is 5.32 Å². The lowest BCUT2D eigenvalue weighted by atomic mass is 10.1. The van der Waals surface area contributed by atoms with Crippen molar-refractivity contribution in [3.8, 4) is 0 Å². The molecular formula is C9H16N2O3. The molecule has 0 fully saturated rings. The maximum atomic E-state index is 11.1. The van der Waals surface area contributed by atoms with E-state index in [4.69, 9.17) is 10.8 Å². The molecule has 0 aromatic carbocycles. The number of nitrogens with two attached hydrogens (primary N) is 1. The van der Waals surface area contributed by atoms with Gasteiger partial charge in [-0.25, -0.2) is 4.79 Å². The molecule has 0 aliphatic heterocycles. The Morgan fingerprint density at radius 3 is 2.43 bits per heavy atom. The van der Waals surface area contributed by atoms with E-state index in [0.717, 1.165) is 0 Å². The summed E-state index contributed by atoms with van der Waals surface area (Å²) in [5.74, 6) is -1.62. The van der Waals surface area contributed by atoms with E-state index < -0.39 is 17.9 Å². The summed E-state index contributed by atoms with van der Waals surface area (Å²) in [7, 11) is 0. The number of carboxylic acid groups (broad SMARTS) is 1. The maximum Gasteiger partial charge on any atom is 0.326 e. The van der Waals surface area contributed by atoms with Crippen LogP contribution < -0.4 is 11.1 Å². The van der Waals surface area contributed by atoms with Gasteiger partial charge in [-0.1, -0.05) is 19.9 Å². The van der Waals surface area contributed by atoms with Crippen LogP contribution in [0.5, 0.6) is 0 Å². The topological polar surface area (TPSA) is 92.4 Å². The summed E-state index contributed by atoms with van der Waals surface area (Å²) in [5, 5.41) is 11.1. The van der Waals surface area contributed by atoms with Crippen LogP contribution in [0.1, 0.15) is 13.8 Å². The highest BCUT2D eigenvalue weighted by atomic mass is 16.4. The minimum atomic E-state index is -1.03. The Kier molecular flexibility index (Phi) is 5.55. The summed E-state index contributed by atoms with van der Waals surface area (Å²) in [6, 6.07) is -0.857. The van der Waals surface area contributed by atoms with Crippen molar-refractivity contribution in [3.05, 3.63) is 12.2 Å². The molecule has 5 heteroatoms. The van der Waals surface area contributed by atoms with Gasteiger partial charge in [-0.2, -0.15) is 0 Å². The zero-order valence-corrected chi connectivity index (χ0v) is 8.36. The number of carbonyl (C=O) groups is 2. The molecule has 0 aliphatic carbocycles. The molecule has 0 aromatic rings. The second-order valence-electron chi connectivity index (χ2n) is 3.21. The van der Waals surface area contributed by atoms with Gasteiger partial charge in [0.05, 0.1) is 0 Å². The van der Waals surface area contributed by atoms with Gasteiger partial charge in [-0.15, -0.1) is 0 Å². The molecule has 0 aromatic heterocycles. The fourth-order valence-corrected chi connectivity index (χ4v) is 0.890. The smallest absolute Gasteiger partial charge is 0.326 e. The molecule has 0 spiro atoms. The molecule has 0 unspecified atom stereocenters. The van der Waals surface area contributed by atoms with Gasteiger partial charge < -0.3 is 16.2 Å². The highest BCUT2D eigenvalue weighted by Crippen LogP contribution is 2.01. The number of amides is 1. The predicted molar refractivity (Wildman–Crippen MR) is 52.6 cm³/mol. The lowest BCUT2D eigenvalue weighted by Crippen LogP contribution is -2.43. The molecule has 80 valence electrons. The van der Waals surface area contributed by atoms with Crippen LogP contribution in [-0.4, -0.2) is 29.6 Å². The van der Waals surface area contributed by atoms with E-state index in [1.807, 2.05) is 0 Å². The molecule has 1 amide bonds. The van der Waals surface area contributed by atoms with Gasteiger partial charge in [-0.05, 0) is 5.92 Å². The van der Waals surface area contributed by atoms with Crippen LogP contribution in [0, 0.1) is 5.92 Å². The van der Waals surface area contributed by atoms with Crippen LogP contribution in [-0.2, 0) is 9.59 Å². The molecule has 0 heterocycles. The Labute approximate surface area is 83.0 Å². The van der Waals surface area contributed by atoms with E-state index in [1.54, 1.807) is 13.8 Å². The first-order chi connectivity index (χ1) is 6.49. The van der Waals surface area contributed by atoms with Crippen LogP contribution in [0.25, 0.3) is 0 Å². The second kappa shape index (κ2) is 6.15. The predicted octanol–water partition coefficient (Wildman–Crippen LogP) is -0.273. The van der Waals surface area contributed by atoms with Gasteiger partial charge in [-0.3, -0.25) is 4.79 Å². The molecule has 0 bridgehead atoms.